The Bertz CT molecular complexity index is 1950. The van der Waals surface area contributed by atoms with E-state index in [1.165, 1.54) is 13.8 Å². The maximum absolute atomic E-state index is 13.5. The second kappa shape index (κ2) is 16.4. The first kappa shape index (κ1) is 39.8. The molecule has 4 amide bonds. The Hall–Kier alpha value is -4.68. The van der Waals surface area contributed by atoms with E-state index in [0.717, 1.165) is 58.0 Å². The van der Waals surface area contributed by atoms with E-state index in [1.807, 2.05) is 40.3 Å². The predicted octanol–water partition coefficient (Wildman–Crippen LogP) is -1.08. The number of imidazole rings is 2. The van der Waals surface area contributed by atoms with Gasteiger partial charge in [-0.2, -0.15) is 10.5 Å². The van der Waals surface area contributed by atoms with E-state index >= 15 is 0 Å². The lowest BCUT2D eigenvalue weighted by Crippen LogP contribution is -3.00. The molecule has 0 N–H and O–H groups in total. The number of anilines is 2. The molecular weight excluding hydrogens is 862 g/mol. The number of amides is 4. The third-order valence-corrected chi connectivity index (χ3v) is 8.49. The van der Waals surface area contributed by atoms with E-state index in [9.17, 15) is 19.2 Å². The summed E-state index contributed by atoms with van der Waals surface area (Å²) in [5.41, 5.74) is 5.79. The smallest absolute Gasteiger partial charge is 0.266 e. The molecule has 5 aromatic rings. The zero-order valence-corrected chi connectivity index (χ0v) is 32.9. The van der Waals surface area contributed by atoms with Crippen molar-refractivity contribution in [3.05, 3.63) is 83.4 Å². The summed E-state index contributed by atoms with van der Waals surface area (Å²) in [4.78, 5) is 56.2. The number of nitriles is 2. The number of hydrogen-bond acceptors (Lipinski definition) is 6. The first-order valence-corrected chi connectivity index (χ1v) is 15.8. The van der Waals surface area contributed by atoms with E-state index in [2.05, 4.69) is 18.3 Å². The third kappa shape index (κ3) is 6.49. The summed E-state index contributed by atoms with van der Waals surface area (Å²) in [5, 5.41) is 14.6. The van der Waals surface area contributed by atoms with Crippen LogP contribution in [0.2, 0.25) is 0 Å². The molecule has 12 nitrogen and oxygen atoms in total. The van der Waals surface area contributed by atoms with Crippen molar-refractivity contribution < 1.29 is 76.3 Å². The van der Waals surface area contributed by atoms with Crippen LogP contribution in [0.4, 0.5) is 11.4 Å². The number of carbonyl (C=O) groups is 4. The minimum atomic E-state index is -0.399. The van der Waals surface area contributed by atoms with Gasteiger partial charge < -0.3 is 48.0 Å². The van der Waals surface area contributed by atoms with Crippen LogP contribution in [0.25, 0.3) is 22.1 Å². The molecule has 2 aliphatic rings. The van der Waals surface area contributed by atoms with Gasteiger partial charge in [-0.15, -0.1) is 0 Å². The van der Waals surface area contributed by atoms with E-state index < -0.39 is 23.6 Å². The summed E-state index contributed by atoms with van der Waals surface area (Å²) < 4.78 is 8.23. The van der Waals surface area contributed by atoms with Crippen LogP contribution >= 0.6 is 0 Å². The summed E-state index contributed by atoms with van der Waals surface area (Å²) >= 11 is 0. The Balaban J connectivity index is 0.000000791. The SMILES string of the molecule is CC#N.CC#N.CCn1c[n+](CC)c2cc3c(cc21)C(=O)N(c1ccc(N2C(=O)c4cc5c(cc4C2=O)[n+](CC)cn5CC)cc1)C3=O.[I-].[I-]. The second-order valence-electron chi connectivity index (χ2n) is 11.0. The number of fused-ring (bicyclic) bond motifs is 4. The van der Waals surface area contributed by atoms with Gasteiger partial charge in [-0.25, -0.2) is 28.1 Å². The van der Waals surface area contributed by atoms with Crippen molar-refractivity contribution in [3.8, 4) is 12.1 Å². The van der Waals surface area contributed by atoms with E-state index in [1.54, 1.807) is 60.7 Å². The molecule has 0 fully saturated rings. The Morgan fingerprint density at radius 2 is 0.840 bits per heavy atom. The predicted molar refractivity (Wildman–Crippen MR) is 178 cm³/mol. The van der Waals surface area contributed by atoms with Crippen LogP contribution in [0.5, 0.6) is 0 Å². The monoisotopic (exact) mass is 898 g/mol. The van der Waals surface area contributed by atoms with E-state index in [4.69, 9.17) is 10.5 Å². The van der Waals surface area contributed by atoms with Crippen molar-refractivity contribution in [2.24, 2.45) is 0 Å². The molecule has 0 unspecified atom stereocenters. The van der Waals surface area contributed by atoms with Crippen LogP contribution in [0.15, 0.2) is 61.2 Å². The van der Waals surface area contributed by atoms with Crippen LogP contribution in [0.1, 0.15) is 83.0 Å². The lowest BCUT2D eigenvalue weighted by atomic mass is 10.1. The number of carbonyl (C=O) groups excluding carboxylic acids is 4. The maximum Gasteiger partial charge on any atom is 0.266 e. The Labute approximate surface area is 324 Å². The average molecular weight is 899 g/mol. The van der Waals surface area contributed by atoms with Gasteiger partial charge in [-0.1, -0.05) is 0 Å². The topological polar surface area (TPSA) is 140 Å². The molecule has 50 heavy (non-hydrogen) atoms. The number of imide groups is 2. The molecule has 2 aliphatic heterocycles. The minimum Gasteiger partial charge on any atom is -1.00 e. The molecule has 0 saturated carbocycles. The van der Waals surface area contributed by atoms with Crippen LogP contribution in [-0.4, -0.2) is 32.8 Å². The van der Waals surface area contributed by atoms with Crippen LogP contribution < -0.4 is 66.9 Å². The van der Waals surface area contributed by atoms with Crippen molar-refractivity contribution >= 4 is 57.1 Å². The van der Waals surface area contributed by atoms with Gasteiger partial charge in [0.25, 0.3) is 23.6 Å². The molecule has 0 spiro atoms. The fraction of sp³-hybridized carbons (Fsp3) is 0.278. The van der Waals surface area contributed by atoms with Gasteiger partial charge in [0.2, 0.25) is 12.7 Å². The van der Waals surface area contributed by atoms with Gasteiger partial charge in [0.05, 0.1) is 71.9 Å². The normalized spacial score (nSPS) is 12.6. The van der Waals surface area contributed by atoms with E-state index in [-0.39, 0.29) is 48.0 Å². The summed E-state index contributed by atoms with van der Waals surface area (Å²) in [6.45, 7) is 14.0. The van der Waals surface area contributed by atoms with Gasteiger partial charge in [0.1, 0.15) is 0 Å². The molecule has 7 rings (SSSR count). The van der Waals surface area contributed by atoms with Gasteiger partial charge in [0, 0.05) is 38.1 Å². The van der Waals surface area contributed by atoms with Crippen LogP contribution in [0, 0.1) is 22.7 Å². The Morgan fingerprint density at radius 3 is 1.10 bits per heavy atom. The molecule has 3 aromatic carbocycles. The van der Waals surface area contributed by atoms with E-state index in [0.29, 0.717) is 33.6 Å². The lowest BCUT2D eigenvalue weighted by Gasteiger charge is -2.17. The highest BCUT2D eigenvalue weighted by Crippen LogP contribution is 2.35. The lowest BCUT2D eigenvalue weighted by molar-refractivity contribution is -0.668. The van der Waals surface area contributed by atoms with Crippen molar-refractivity contribution in [2.75, 3.05) is 9.80 Å². The minimum absolute atomic E-state index is 0. The summed E-state index contributed by atoms with van der Waals surface area (Å²) in [7, 11) is 0. The van der Waals surface area contributed by atoms with Crippen molar-refractivity contribution in [1.29, 1.82) is 10.5 Å². The van der Waals surface area contributed by atoms with Crippen LogP contribution in [0.3, 0.4) is 0 Å². The summed E-state index contributed by atoms with van der Waals surface area (Å²) in [6.07, 6.45) is 3.99. The van der Waals surface area contributed by atoms with Crippen molar-refractivity contribution in [2.45, 2.75) is 67.7 Å². The van der Waals surface area contributed by atoms with Crippen molar-refractivity contribution in [1.82, 2.24) is 9.13 Å². The molecule has 0 atom stereocenters. The molecule has 0 radical (unpaired) electrons. The molecule has 4 heterocycles. The largest absolute Gasteiger partial charge is 1.00 e. The highest BCUT2D eigenvalue weighted by molar-refractivity contribution is 6.36. The molecular formula is C36H36I2N8O4. The first-order chi connectivity index (χ1) is 23.1. The zero-order chi connectivity index (χ0) is 34.9. The highest BCUT2D eigenvalue weighted by atomic mass is 127. The fourth-order valence-electron chi connectivity index (χ4n) is 6.26. The molecule has 0 bridgehead atoms. The molecule has 258 valence electrons. The van der Waals surface area contributed by atoms with Gasteiger partial charge in [0.15, 0.2) is 22.1 Å². The number of hydrogen-bond donors (Lipinski definition) is 0. The quantitative estimate of drug-likeness (QED) is 0.121. The zero-order valence-electron chi connectivity index (χ0n) is 28.6. The molecule has 14 heteroatoms. The van der Waals surface area contributed by atoms with Gasteiger partial charge in [-0.05, 0) is 52.0 Å². The average Bonchev–Trinajstić information content (AvgIpc) is 3.78. The first-order valence-electron chi connectivity index (χ1n) is 15.8. The second-order valence-corrected chi connectivity index (χ2v) is 11.0. The van der Waals surface area contributed by atoms with Crippen molar-refractivity contribution in [3.63, 3.8) is 0 Å². The molecule has 2 aromatic heterocycles. The number of aryl methyl sites for hydroxylation is 4. The number of nitrogens with zero attached hydrogens (tertiary/aromatic N) is 8. The molecule has 0 saturated heterocycles. The number of halogens is 2. The van der Waals surface area contributed by atoms with Gasteiger partial charge >= 0.3 is 0 Å². The highest BCUT2D eigenvalue weighted by Gasteiger charge is 2.41. The third-order valence-electron chi connectivity index (χ3n) is 8.49. The fourth-order valence-corrected chi connectivity index (χ4v) is 6.26. The number of rotatable bonds is 6. The van der Waals surface area contributed by atoms with Gasteiger partial charge in [-0.3, -0.25) is 19.2 Å². The number of aromatic nitrogens is 4. The molecule has 0 aliphatic carbocycles. The van der Waals surface area contributed by atoms with Crippen LogP contribution in [-0.2, 0) is 26.2 Å². The Kier molecular flexibility index (Phi) is 13.0. The maximum atomic E-state index is 13.5. The number of benzene rings is 3. The Morgan fingerprint density at radius 1 is 0.560 bits per heavy atom. The summed E-state index contributed by atoms with van der Waals surface area (Å²) in [6, 6.07) is 17.1. The standard InChI is InChI=1S/C32H30N6O4.2C2H3N.2HI/c1-5-33-17-34(6-2)26-14-22-21(13-25(26)33)29(39)37(30(22)40)19-9-11-20(12-10-19)38-31(41)23-15-27-28(16-24(23)32(38)42)36(8-4)18-35(27)7-3;2*1-2-3;;/h9-18H,5-8H2,1-4H3;2*1H3;2*1H/q+2;;;;/p-2. The summed E-state index contributed by atoms with van der Waals surface area (Å²) in [5.74, 6) is -1.59.